The zero-order chi connectivity index (χ0) is 20.6. The number of piperidine rings is 1. The van der Waals surface area contributed by atoms with Crippen LogP contribution in [0.2, 0.25) is 0 Å². The molecule has 1 aromatic carbocycles. The predicted octanol–water partition coefficient (Wildman–Crippen LogP) is 2.37. The molecule has 4 rings (SSSR count). The molecule has 1 saturated heterocycles. The van der Waals surface area contributed by atoms with E-state index in [1.54, 1.807) is 42.0 Å². The molecule has 1 fully saturated rings. The minimum Gasteiger partial charge on any atom is -0.322 e. The Morgan fingerprint density at radius 2 is 2.03 bits per heavy atom. The molecule has 1 atom stereocenters. The monoisotopic (exact) mass is 391 g/mol. The van der Waals surface area contributed by atoms with Gasteiger partial charge in [0.05, 0.1) is 11.1 Å². The van der Waals surface area contributed by atoms with Gasteiger partial charge in [0.15, 0.2) is 5.65 Å². The first kappa shape index (κ1) is 18.8. The van der Waals surface area contributed by atoms with E-state index in [0.29, 0.717) is 41.9 Å². The van der Waals surface area contributed by atoms with Crippen molar-refractivity contribution in [1.29, 1.82) is 0 Å². The Morgan fingerprint density at radius 1 is 1.28 bits per heavy atom. The van der Waals surface area contributed by atoms with Crippen molar-refractivity contribution in [2.45, 2.75) is 38.5 Å². The number of nitrogens with zero attached hydrogens (tertiary/aromatic N) is 3. The largest absolute Gasteiger partial charge is 0.322 e. The summed E-state index contributed by atoms with van der Waals surface area (Å²) >= 11 is 0. The fourth-order valence-electron chi connectivity index (χ4n) is 3.89. The van der Waals surface area contributed by atoms with Crippen LogP contribution in [0.25, 0.3) is 5.65 Å². The summed E-state index contributed by atoms with van der Waals surface area (Å²) in [5.41, 5.74) is 2.21. The smallest absolute Gasteiger partial charge is 0.261 e. The number of anilines is 1. The summed E-state index contributed by atoms with van der Waals surface area (Å²) < 4.78 is 1.57. The van der Waals surface area contributed by atoms with Gasteiger partial charge in [0.2, 0.25) is 11.8 Å². The van der Waals surface area contributed by atoms with Gasteiger partial charge in [0.25, 0.3) is 5.91 Å². The maximum Gasteiger partial charge on any atom is 0.261 e. The summed E-state index contributed by atoms with van der Waals surface area (Å²) in [6.45, 7) is 3.70. The summed E-state index contributed by atoms with van der Waals surface area (Å²) in [5.74, 6) is -0.795. The van der Waals surface area contributed by atoms with Gasteiger partial charge in [-0.25, -0.2) is 9.50 Å². The highest BCUT2D eigenvalue weighted by Crippen LogP contribution is 2.36. The molecule has 3 amide bonds. The minimum atomic E-state index is -0.723. The number of imide groups is 1. The quantitative estimate of drug-likeness (QED) is 0.664. The first-order valence-electron chi connectivity index (χ1n) is 9.51. The Kier molecular flexibility index (Phi) is 4.62. The lowest BCUT2D eigenvalue weighted by Gasteiger charge is -2.35. The van der Waals surface area contributed by atoms with Crippen molar-refractivity contribution < 1.29 is 14.4 Å². The van der Waals surface area contributed by atoms with Gasteiger partial charge in [-0.15, -0.1) is 0 Å². The molecule has 0 bridgehead atoms. The van der Waals surface area contributed by atoms with E-state index in [0.717, 1.165) is 5.56 Å². The Bertz CT molecular complexity index is 1120. The SMILES string of the molecule is CCC1(c2ccc(NC(=O)c3c(C)nn4cccnc34)cc2)CCC(=O)NC1=O. The van der Waals surface area contributed by atoms with Gasteiger partial charge in [-0.05, 0) is 43.5 Å². The van der Waals surface area contributed by atoms with Crippen LogP contribution in [0.5, 0.6) is 0 Å². The molecule has 3 heterocycles. The fourth-order valence-corrected chi connectivity index (χ4v) is 3.89. The second kappa shape index (κ2) is 7.12. The lowest BCUT2D eigenvalue weighted by molar-refractivity contribution is -0.138. The summed E-state index contributed by atoms with van der Waals surface area (Å²) in [5, 5.41) is 9.62. The fraction of sp³-hybridized carbons (Fsp3) is 0.286. The highest BCUT2D eigenvalue weighted by molar-refractivity contribution is 6.09. The number of carbonyl (C=O) groups is 3. The van der Waals surface area contributed by atoms with Crippen LogP contribution in [0.4, 0.5) is 5.69 Å². The molecular weight excluding hydrogens is 370 g/mol. The zero-order valence-electron chi connectivity index (χ0n) is 16.2. The van der Waals surface area contributed by atoms with Crippen LogP contribution in [0.3, 0.4) is 0 Å². The van der Waals surface area contributed by atoms with E-state index < -0.39 is 5.41 Å². The van der Waals surface area contributed by atoms with Crippen LogP contribution < -0.4 is 10.6 Å². The van der Waals surface area contributed by atoms with Gasteiger partial charge in [0.1, 0.15) is 5.56 Å². The Balaban J connectivity index is 1.58. The third-order valence-electron chi connectivity index (χ3n) is 5.56. The second-order valence-electron chi connectivity index (χ2n) is 7.19. The predicted molar refractivity (Wildman–Crippen MR) is 106 cm³/mol. The van der Waals surface area contributed by atoms with Crippen molar-refractivity contribution in [2.75, 3.05) is 5.32 Å². The molecule has 0 aliphatic carbocycles. The Labute approximate surface area is 167 Å². The van der Waals surface area contributed by atoms with Crippen molar-refractivity contribution in [1.82, 2.24) is 19.9 Å². The van der Waals surface area contributed by atoms with E-state index in [1.165, 1.54) is 0 Å². The molecule has 3 aromatic rings. The molecule has 2 aromatic heterocycles. The molecule has 1 aliphatic heterocycles. The number of fused-ring (bicyclic) bond motifs is 1. The van der Waals surface area contributed by atoms with Gasteiger partial charge >= 0.3 is 0 Å². The van der Waals surface area contributed by atoms with Crippen LogP contribution in [-0.2, 0) is 15.0 Å². The number of hydrogen-bond donors (Lipinski definition) is 2. The highest BCUT2D eigenvalue weighted by Gasteiger charge is 2.42. The number of carbonyl (C=O) groups excluding carboxylic acids is 3. The van der Waals surface area contributed by atoms with Crippen molar-refractivity contribution in [3.05, 3.63) is 59.5 Å². The maximum absolute atomic E-state index is 12.8. The molecular formula is C21H21N5O3. The number of amides is 3. The number of aryl methyl sites for hydroxylation is 1. The number of aromatic nitrogens is 3. The lowest BCUT2D eigenvalue weighted by atomic mass is 9.72. The third-order valence-corrected chi connectivity index (χ3v) is 5.56. The molecule has 2 N–H and O–H groups in total. The topological polar surface area (TPSA) is 105 Å². The first-order valence-corrected chi connectivity index (χ1v) is 9.51. The van der Waals surface area contributed by atoms with Gasteiger partial charge in [0, 0.05) is 24.5 Å². The average molecular weight is 391 g/mol. The van der Waals surface area contributed by atoms with E-state index in [9.17, 15) is 14.4 Å². The summed E-state index contributed by atoms with van der Waals surface area (Å²) in [4.78, 5) is 41.1. The first-order chi connectivity index (χ1) is 13.9. The summed E-state index contributed by atoms with van der Waals surface area (Å²) in [7, 11) is 0. The van der Waals surface area contributed by atoms with Crippen molar-refractivity contribution in [3.8, 4) is 0 Å². The molecule has 1 unspecified atom stereocenters. The Hall–Kier alpha value is -3.55. The van der Waals surface area contributed by atoms with E-state index in [-0.39, 0.29) is 17.7 Å². The van der Waals surface area contributed by atoms with Gasteiger partial charge in [-0.3, -0.25) is 19.7 Å². The minimum absolute atomic E-state index is 0.236. The van der Waals surface area contributed by atoms with Crippen LogP contribution >= 0.6 is 0 Å². The normalized spacial score (nSPS) is 19.2. The average Bonchev–Trinajstić information content (AvgIpc) is 3.05. The molecule has 148 valence electrons. The van der Waals surface area contributed by atoms with E-state index >= 15 is 0 Å². The lowest BCUT2D eigenvalue weighted by Crippen LogP contribution is -2.51. The summed E-state index contributed by atoms with van der Waals surface area (Å²) in [6.07, 6.45) is 4.74. The molecule has 8 nitrogen and oxygen atoms in total. The van der Waals surface area contributed by atoms with Crippen molar-refractivity contribution in [2.24, 2.45) is 0 Å². The van der Waals surface area contributed by atoms with Crippen LogP contribution in [0.15, 0.2) is 42.7 Å². The molecule has 0 radical (unpaired) electrons. The molecule has 1 aliphatic rings. The third kappa shape index (κ3) is 3.16. The second-order valence-corrected chi connectivity index (χ2v) is 7.19. The number of benzene rings is 1. The maximum atomic E-state index is 12.8. The van der Waals surface area contributed by atoms with Crippen LogP contribution in [-0.4, -0.2) is 32.3 Å². The Morgan fingerprint density at radius 3 is 2.72 bits per heavy atom. The van der Waals surface area contributed by atoms with Gasteiger partial charge in [-0.1, -0.05) is 19.1 Å². The van der Waals surface area contributed by atoms with Gasteiger partial charge < -0.3 is 5.32 Å². The summed E-state index contributed by atoms with van der Waals surface area (Å²) in [6, 6.07) is 8.94. The molecule has 0 spiro atoms. The number of hydrogen-bond acceptors (Lipinski definition) is 5. The number of rotatable bonds is 4. The van der Waals surface area contributed by atoms with E-state index in [4.69, 9.17) is 0 Å². The van der Waals surface area contributed by atoms with Crippen LogP contribution in [0, 0.1) is 6.92 Å². The molecule has 29 heavy (non-hydrogen) atoms. The van der Waals surface area contributed by atoms with Gasteiger partial charge in [-0.2, -0.15) is 5.10 Å². The molecule has 8 heteroatoms. The highest BCUT2D eigenvalue weighted by atomic mass is 16.2. The van der Waals surface area contributed by atoms with Crippen LogP contribution in [0.1, 0.15) is 47.8 Å². The van der Waals surface area contributed by atoms with Crippen molar-refractivity contribution in [3.63, 3.8) is 0 Å². The van der Waals surface area contributed by atoms with E-state index in [2.05, 4.69) is 20.7 Å². The molecule has 0 saturated carbocycles. The van der Waals surface area contributed by atoms with Crippen molar-refractivity contribution >= 4 is 29.1 Å². The number of nitrogens with one attached hydrogen (secondary N) is 2. The standard InChI is InChI=1S/C21H21N5O3/c1-3-21(10-9-16(27)24-20(21)29)14-5-7-15(8-6-14)23-19(28)17-13(2)25-26-12-4-11-22-18(17)26/h4-8,11-12H,3,9-10H2,1-2H3,(H,23,28)(H,24,27,29). The zero-order valence-corrected chi connectivity index (χ0v) is 16.2. The van der Waals surface area contributed by atoms with E-state index in [1.807, 2.05) is 19.1 Å².